The summed E-state index contributed by atoms with van der Waals surface area (Å²) in [6.45, 7) is 2.71. The Labute approximate surface area is 133 Å². The molecule has 0 bridgehead atoms. The first-order chi connectivity index (χ1) is 9.81. The minimum absolute atomic E-state index is 0. The first-order valence-electron chi connectivity index (χ1n) is 7.71. The fourth-order valence-corrected chi connectivity index (χ4v) is 3.45. The SMILES string of the molecule is CCOc1ccc2ccccc2c1[C@@H](N)C1CCCC1.Cl. The van der Waals surface area contributed by atoms with Crippen LogP contribution in [0.1, 0.15) is 44.2 Å². The van der Waals surface area contributed by atoms with Crippen molar-refractivity contribution in [3.05, 3.63) is 42.0 Å². The molecule has 2 aromatic carbocycles. The van der Waals surface area contributed by atoms with Gasteiger partial charge in [0.05, 0.1) is 6.61 Å². The van der Waals surface area contributed by atoms with E-state index in [0.717, 1.165) is 5.75 Å². The van der Waals surface area contributed by atoms with Crippen LogP contribution in [0.3, 0.4) is 0 Å². The second-order valence-corrected chi connectivity index (χ2v) is 5.70. The van der Waals surface area contributed by atoms with E-state index < -0.39 is 0 Å². The van der Waals surface area contributed by atoms with Gasteiger partial charge in [-0.15, -0.1) is 12.4 Å². The van der Waals surface area contributed by atoms with E-state index in [1.807, 2.05) is 6.92 Å². The molecule has 2 nitrogen and oxygen atoms in total. The Balaban J connectivity index is 0.00000161. The molecule has 0 saturated heterocycles. The van der Waals surface area contributed by atoms with E-state index in [-0.39, 0.29) is 18.4 Å². The number of fused-ring (bicyclic) bond motifs is 1. The topological polar surface area (TPSA) is 35.2 Å². The molecule has 114 valence electrons. The van der Waals surface area contributed by atoms with Crippen molar-refractivity contribution in [2.75, 3.05) is 6.61 Å². The fourth-order valence-electron chi connectivity index (χ4n) is 3.45. The van der Waals surface area contributed by atoms with Crippen LogP contribution in [0, 0.1) is 5.92 Å². The Morgan fingerprint density at radius 2 is 1.86 bits per heavy atom. The zero-order chi connectivity index (χ0) is 13.9. The number of rotatable bonds is 4. The van der Waals surface area contributed by atoms with Crippen LogP contribution in [0.2, 0.25) is 0 Å². The molecule has 0 amide bonds. The van der Waals surface area contributed by atoms with E-state index in [9.17, 15) is 0 Å². The van der Waals surface area contributed by atoms with Gasteiger partial charge in [-0.1, -0.05) is 43.2 Å². The molecule has 3 rings (SSSR count). The summed E-state index contributed by atoms with van der Waals surface area (Å²) in [6.07, 6.45) is 5.12. The predicted octanol–water partition coefficient (Wildman–Crippen LogP) is 4.85. The van der Waals surface area contributed by atoms with Crippen LogP contribution in [-0.4, -0.2) is 6.61 Å². The van der Waals surface area contributed by atoms with E-state index in [2.05, 4.69) is 36.4 Å². The van der Waals surface area contributed by atoms with Gasteiger partial charge in [-0.25, -0.2) is 0 Å². The summed E-state index contributed by atoms with van der Waals surface area (Å²) in [5.41, 5.74) is 7.82. The smallest absolute Gasteiger partial charge is 0.124 e. The highest BCUT2D eigenvalue weighted by Crippen LogP contribution is 2.40. The average molecular weight is 306 g/mol. The number of halogens is 1. The first kappa shape index (κ1) is 16.1. The molecule has 3 heteroatoms. The molecule has 0 aromatic heterocycles. The lowest BCUT2D eigenvalue weighted by atomic mass is 9.88. The molecule has 0 unspecified atom stereocenters. The summed E-state index contributed by atoms with van der Waals surface area (Å²) in [5, 5.41) is 2.50. The van der Waals surface area contributed by atoms with Gasteiger partial charge >= 0.3 is 0 Å². The van der Waals surface area contributed by atoms with Gasteiger partial charge in [0, 0.05) is 11.6 Å². The molecule has 1 aliphatic carbocycles. The molecule has 2 aromatic rings. The van der Waals surface area contributed by atoms with Crippen LogP contribution >= 0.6 is 12.4 Å². The largest absolute Gasteiger partial charge is 0.494 e. The van der Waals surface area contributed by atoms with Crippen molar-refractivity contribution in [3.8, 4) is 5.75 Å². The molecule has 2 N–H and O–H groups in total. The van der Waals surface area contributed by atoms with E-state index in [1.54, 1.807) is 0 Å². The molecule has 0 heterocycles. The van der Waals surface area contributed by atoms with E-state index in [1.165, 1.54) is 42.0 Å². The van der Waals surface area contributed by atoms with Crippen molar-refractivity contribution in [2.24, 2.45) is 11.7 Å². The van der Waals surface area contributed by atoms with Gasteiger partial charge in [-0.3, -0.25) is 0 Å². The molecule has 0 radical (unpaired) electrons. The Kier molecular flexibility index (Phi) is 5.49. The van der Waals surface area contributed by atoms with Gasteiger partial charge in [-0.05, 0) is 42.5 Å². The summed E-state index contributed by atoms with van der Waals surface area (Å²) >= 11 is 0. The highest BCUT2D eigenvalue weighted by atomic mass is 35.5. The van der Waals surface area contributed by atoms with Crippen LogP contribution in [0.5, 0.6) is 5.75 Å². The molecule has 1 aliphatic rings. The lowest BCUT2D eigenvalue weighted by Gasteiger charge is -2.23. The number of hydrogen-bond donors (Lipinski definition) is 1. The van der Waals surface area contributed by atoms with Crippen LogP contribution < -0.4 is 10.5 Å². The second-order valence-electron chi connectivity index (χ2n) is 5.70. The maximum absolute atomic E-state index is 6.62. The van der Waals surface area contributed by atoms with Crippen molar-refractivity contribution in [1.29, 1.82) is 0 Å². The molecule has 21 heavy (non-hydrogen) atoms. The van der Waals surface area contributed by atoms with Crippen molar-refractivity contribution >= 4 is 23.2 Å². The molecule has 0 spiro atoms. The fraction of sp³-hybridized carbons (Fsp3) is 0.444. The monoisotopic (exact) mass is 305 g/mol. The zero-order valence-electron chi connectivity index (χ0n) is 12.5. The Morgan fingerprint density at radius 1 is 1.14 bits per heavy atom. The standard InChI is InChI=1S/C18H23NO.ClH/c1-2-20-16-12-11-13-7-5-6-10-15(13)17(16)18(19)14-8-3-4-9-14;/h5-7,10-12,14,18H,2-4,8-9,19H2,1H3;1H/t18-;/m0./s1. The Hall–Kier alpha value is -1.25. The van der Waals surface area contributed by atoms with Crippen LogP contribution in [0.4, 0.5) is 0 Å². The van der Waals surface area contributed by atoms with E-state index >= 15 is 0 Å². The van der Waals surface area contributed by atoms with Gasteiger partial charge in [0.2, 0.25) is 0 Å². The van der Waals surface area contributed by atoms with Crippen molar-refractivity contribution in [2.45, 2.75) is 38.6 Å². The van der Waals surface area contributed by atoms with Crippen LogP contribution in [0.15, 0.2) is 36.4 Å². The summed E-state index contributed by atoms with van der Waals surface area (Å²) < 4.78 is 5.85. The van der Waals surface area contributed by atoms with Gasteiger partial charge in [0.1, 0.15) is 5.75 Å². The molecule has 1 fully saturated rings. The number of ether oxygens (including phenoxy) is 1. The number of nitrogens with two attached hydrogens (primary N) is 1. The minimum atomic E-state index is 0. The second kappa shape index (κ2) is 7.15. The van der Waals surface area contributed by atoms with Gasteiger partial charge < -0.3 is 10.5 Å². The molecule has 1 atom stereocenters. The molecular formula is C18H24ClNO. The first-order valence-corrected chi connectivity index (χ1v) is 7.71. The minimum Gasteiger partial charge on any atom is -0.494 e. The Bertz CT molecular complexity index is 593. The molecule has 1 saturated carbocycles. The number of benzene rings is 2. The zero-order valence-corrected chi connectivity index (χ0v) is 13.4. The van der Waals surface area contributed by atoms with Gasteiger partial charge in [0.25, 0.3) is 0 Å². The average Bonchev–Trinajstić information content (AvgIpc) is 3.01. The summed E-state index contributed by atoms with van der Waals surface area (Å²) in [4.78, 5) is 0. The third kappa shape index (κ3) is 3.17. The highest BCUT2D eigenvalue weighted by molar-refractivity contribution is 5.88. The lowest BCUT2D eigenvalue weighted by Crippen LogP contribution is -2.20. The summed E-state index contributed by atoms with van der Waals surface area (Å²) in [5.74, 6) is 1.56. The quantitative estimate of drug-likeness (QED) is 0.876. The predicted molar refractivity (Wildman–Crippen MR) is 91.3 cm³/mol. The highest BCUT2D eigenvalue weighted by Gasteiger charge is 2.26. The van der Waals surface area contributed by atoms with E-state index in [4.69, 9.17) is 10.5 Å². The Morgan fingerprint density at radius 3 is 2.57 bits per heavy atom. The van der Waals surface area contributed by atoms with Crippen LogP contribution in [-0.2, 0) is 0 Å². The summed E-state index contributed by atoms with van der Waals surface area (Å²) in [6, 6.07) is 12.8. The van der Waals surface area contributed by atoms with Crippen molar-refractivity contribution in [1.82, 2.24) is 0 Å². The van der Waals surface area contributed by atoms with Crippen LogP contribution in [0.25, 0.3) is 10.8 Å². The van der Waals surface area contributed by atoms with Crippen molar-refractivity contribution in [3.63, 3.8) is 0 Å². The van der Waals surface area contributed by atoms with E-state index in [0.29, 0.717) is 12.5 Å². The van der Waals surface area contributed by atoms with Crippen molar-refractivity contribution < 1.29 is 4.74 Å². The number of hydrogen-bond acceptors (Lipinski definition) is 2. The normalized spacial score (nSPS) is 16.7. The van der Waals surface area contributed by atoms with Gasteiger partial charge in [0.15, 0.2) is 0 Å². The molecule has 0 aliphatic heterocycles. The van der Waals surface area contributed by atoms with Gasteiger partial charge in [-0.2, -0.15) is 0 Å². The maximum Gasteiger partial charge on any atom is 0.124 e. The third-order valence-electron chi connectivity index (χ3n) is 4.47. The lowest BCUT2D eigenvalue weighted by molar-refractivity contribution is 0.328. The molecular weight excluding hydrogens is 282 g/mol. The summed E-state index contributed by atoms with van der Waals surface area (Å²) in [7, 11) is 0. The maximum atomic E-state index is 6.62. The third-order valence-corrected chi connectivity index (χ3v) is 4.47.